The molecular weight excluding hydrogens is 331 g/mol. The summed E-state index contributed by atoms with van der Waals surface area (Å²) >= 11 is 0. The zero-order valence-corrected chi connectivity index (χ0v) is 15.6. The van der Waals surface area contributed by atoms with Crippen LogP contribution in [0, 0.1) is 5.82 Å². The highest BCUT2D eigenvalue weighted by molar-refractivity contribution is 5.95. The summed E-state index contributed by atoms with van der Waals surface area (Å²) in [6, 6.07) is 5.60. The molecule has 0 saturated carbocycles. The van der Waals surface area contributed by atoms with Crippen LogP contribution in [0.15, 0.2) is 18.2 Å². The zero-order chi connectivity index (χ0) is 18.1. The topological polar surface area (TPSA) is 38.8 Å². The van der Waals surface area contributed by atoms with Crippen LogP contribution >= 0.6 is 0 Å². The van der Waals surface area contributed by atoms with Gasteiger partial charge in [0.05, 0.1) is 5.69 Å². The predicted octanol–water partition coefficient (Wildman–Crippen LogP) is 1.93. The Morgan fingerprint density at radius 3 is 2.65 bits per heavy atom. The van der Waals surface area contributed by atoms with E-state index >= 15 is 0 Å². The Balaban J connectivity index is 1.50. The molecule has 3 saturated heterocycles. The molecule has 3 heterocycles. The number of carbonyl (C=O) groups is 1. The quantitative estimate of drug-likeness (QED) is 0.894. The van der Waals surface area contributed by atoms with Gasteiger partial charge in [0.1, 0.15) is 5.82 Å². The number of rotatable bonds is 3. The molecular formula is C20H29FN4O. The van der Waals surface area contributed by atoms with E-state index in [2.05, 4.69) is 22.0 Å². The van der Waals surface area contributed by atoms with Crippen molar-refractivity contribution in [1.29, 1.82) is 0 Å². The minimum Gasteiger partial charge on any atom is -0.367 e. The second kappa shape index (κ2) is 7.53. The number of nitrogens with zero attached hydrogens (tertiary/aromatic N) is 3. The number of carbonyl (C=O) groups excluding carboxylic acids is 1. The molecule has 6 heteroatoms. The minimum atomic E-state index is -0.277. The standard InChI is InChI=1S/C20H29FN4O/c1-2-23-9-11-24(12-10-23)19-6-3-15(13-18(19)21)20(26)25-16-4-5-17(25)14-22-8-7-16/h3,6,13,16-17,22H,2,4-5,7-12,14H2,1H3. The summed E-state index contributed by atoms with van der Waals surface area (Å²) < 4.78 is 14.8. The van der Waals surface area contributed by atoms with E-state index in [0.717, 1.165) is 65.1 Å². The van der Waals surface area contributed by atoms with Gasteiger partial charge in [-0.25, -0.2) is 4.39 Å². The van der Waals surface area contributed by atoms with E-state index in [1.807, 2.05) is 11.0 Å². The molecule has 2 bridgehead atoms. The van der Waals surface area contributed by atoms with E-state index in [1.165, 1.54) is 6.07 Å². The van der Waals surface area contributed by atoms with E-state index < -0.39 is 0 Å². The number of piperazine rings is 1. The van der Waals surface area contributed by atoms with Gasteiger partial charge in [0.2, 0.25) is 0 Å². The molecule has 142 valence electrons. The summed E-state index contributed by atoms with van der Waals surface area (Å²) in [6.07, 6.45) is 3.11. The van der Waals surface area contributed by atoms with Gasteiger partial charge in [-0.05, 0) is 50.6 Å². The molecule has 3 aliphatic rings. The Hall–Kier alpha value is -1.66. The Labute approximate surface area is 155 Å². The first kappa shape index (κ1) is 17.7. The van der Waals surface area contributed by atoms with E-state index in [0.29, 0.717) is 17.3 Å². The molecule has 1 aromatic carbocycles. The van der Waals surface area contributed by atoms with Gasteiger partial charge in [-0.1, -0.05) is 6.92 Å². The van der Waals surface area contributed by atoms with Crippen LogP contribution in [-0.4, -0.2) is 73.6 Å². The average molecular weight is 360 g/mol. The fourth-order valence-electron chi connectivity index (χ4n) is 4.66. The molecule has 3 fully saturated rings. The molecule has 0 spiro atoms. The van der Waals surface area contributed by atoms with Crippen LogP contribution < -0.4 is 10.2 Å². The summed E-state index contributed by atoms with van der Waals surface area (Å²) in [5, 5.41) is 3.41. The largest absolute Gasteiger partial charge is 0.367 e. The van der Waals surface area contributed by atoms with Crippen molar-refractivity contribution in [3.05, 3.63) is 29.6 Å². The highest BCUT2D eigenvalue weighted by atomic mass is 19.1. The maximum Gasteiger partial charge on any atom is 0.254 e. The van der Waals surface area contributed by atoms with E-state index in [4.69, 9.17) is 0 Å². The lowest BCUT2D eigenvalue weighted by Gasteiger charge is -2.35. The Bertz CT molecular complexity index is 645. The Morgan fingerprint density at radius 1 is 1.15 bits per heavy atom. The molecule has 4 rings (SSSR count). The van der Waals surface area contributed by atoms with Crippen LogP contribution in [0.2, 0.25) is 0 Å². The minimum absolute atomic E-state index is 0.0116. The fourth-order valence-corrected chi connectivity index (χ4v) is 4.66. The maximum absolute atomic E-state index is 14.8. The molecule has 0 aliphatic carbocycles. The van der Waals surface area contributed by atoms with Crippen molar-refractivity contribution in [3.8, 4) is 0 Å². The number of fused-ring (bicyclic) bond motifs is 2. The van der Waals surface area contributed by atoms with Gasteiger partial charge in [-0.15, -0.1) is 0 Å². The first-order chi connectivity index (χ1) is 12.7. The van der Waals surface area contributed by atoms with E-state index in [1.54, 1.807) is 6.07 Å². The SMILES string of the molecule is CCN1CCN(c2ccc(C(=O)N3C4CCNCC3CC4)cc2F)CC1. The molecule has 0 radical (unpaired) electrons. The fraction of sp³-hybridized carbons (Fsp3) is 0.650. The third-order valence-corrected chi connectivity index (χ3v) is 6.24. The van der Waals surface area contributed by atoms with Gasteiger partial charge >= 0.3 is 0 Å². The molecule has 1 aromatic rings. The Morgan fingerprint density at radius 2 is 1.92 bits per heavy atom. The van der Waals surface area contributed by atoms with Crippen molar-refractivity contribution in [3.63, 3.8) is 0 Å². The van der Waals surface area contributed by atoms with Crippen LogP contribution in [-0.2, 0) is 0 Å². The molecule has 5 nitrogen and oxygen atoms in total. The lowest BCUT2D eigenvalue weighted by molar-refractivity contribution is 0.0680. The van der Waals surface area contributed by atoms with Crippen molar-refractivity contribution >= 4 is 11.6 Å². The molecule has 26 heavy (non-hydrogen) atoms. The third-order valence-electron chi connectivity index (χ3n) is 6.24. The molecule has 2 atom stereocenters. The van der Waals surface area contributed by atoms with Gasteiger partial charge < -0.3 is 20.0 Å². The third kappa shape index (κ3) is 3.32. The summed E-state index contributed by atoms with van der Waals surface area (Å²) in [4.78, 5) is 19.5. The highest BCUT2D eigenvalue weighted by Gasteiger charge is 2.38. The van der Waals surface area contributed by atoms with Gasteiger partial charge in [-0.2, -0.15) is 0 Å². The van der Waals surface area contributed by atoms with Gasteiger partial charge in [0.25, 0.3) is 5.91 Å². The van der Waals surface area contributed by atoms with Crippen LogP contribution in [0.5, 0.6) is 0 Å². The van der Waals surface area contributed by atoms with Crippen molar-refractivity contribution < 1.29 is 9.18 Å². The predicted molar refractivity (Wildman–Crippen MR) is 101 cm³/mol. The summed E-state index contributed by atoms with van der Waals surface area (Å²) in [5.74, 6) is -0.288. The molecule has 1 N–H and O–H groups in total. The number of likely N-dealkylation sites (N-methyl/N-ethyl adjacent to an activating group) is 1. The van der Waals surface area contributed by atoms with Crippen molar-refractivity contribution in [2.45, 2.75) is 38.3 Å². The zero-order valence-electron chi connectivity index (χ0n) is 15.6. The second-order valence-corrected chi connectivity index (χ2v) is 7.68. The lowest BCUT2D eigenvalue weighted by atomic mass is 10.1. The Kier molecular flexibility index (Phi) is 5.14. The summed E-state index contributed by atoms with van der Waals surface area (Å²) in [6.45, 7) is 8.59. The first-order valence-corrected chi connectivity index (χ1v) is 9.97. The summed E-state index contributed by atoms with van der Waals surface area (Å²) in [7, 11) is 0. The monoisotopic (exact) mass is 360 g/mol. The van der Waals surface area contributed by atoms with Crippen LogP contribution in [0.25, 0.3) is 0 Å². The van der Waals surface area contributed by atoms with Crippen molar-refractivity contribution in [2.75, 3.05) is 50.7 Å². The van der Waals surface area contributed by atoms with Gasteiger partial charge in [-0.3, -0.25) is 4.79 Å². The smallest absolute Gasteiger partial charge is 0.254 e. The number of hydrogen-bond acceptors (Lipinski definition) is 4. The normalized spacial score (nSPS) is 26.8. The van der Waals surface area contributed by atoms with E-state index in [9.17, 15) is 9.18 Å². The van der Waals surface area contributed by atoms with E-state index in [-0.39, 0.29) is 17.8 Å². The van der Waals surface area contributed by atoms with Crippen LogP contribution in [0.4, 0.5) is 10.1 Å². The molecule has 1 amide bonds. The second-order valence-electron chi connectivity index (χ2n) is 7.68. The number of benzene rings is 1. The number of amides is 1. The lowest BCUT2D eigenvalue weighted by Crippen LogP contribution is -2.46. The summed E-state index contributed by atoms with van der Waals surface area (Å²) in [5.41, 5.74) is 1.11. The first-order valence-electron chi connectivity index (χ1n) is 9.97. The molecule has 2 unspecified atom stereocenters. The molecule has 0 aromatic heterocycles. The van der Waals surface area contributed by atoms with Gasteiger partial charge in [0.15, 0.2) is 0 Å². The van der Waals surface area contributed by atoms with Crippen molar-refractivity contribution in [2.24, 2.45) is 0 Å². The highest BCUT2D eigenvalue weighted by Crippen LogP contribution is 2.30. The number of hydrogen-bond donors (Lipinski definition) is 1. The number of anilines is 1. The van der Waals surface area contributed by atoms with Crippen molar-refractivity contribution in [1.82, 2.24) is 15.1 Å². The maximum atomic E-state index is 14.8. The van der Waals surface area contributed by atoms with Gasteiger partial charge in [0, 0.05) is 50.4 Å². The average Bonchev–Trinajstić information content (AvgIpc) is 2.93. The number of halogens is 1. The molecule has 3 aliphatic heterocycles. The number of nitrogens with one attached hydrogen (secondary N) is 1. The van der Waals surface area contributed by atoms with Crippen LogP contribution in [0.3, 0.4) is 0 Å². The van der Waals surface area contributed by atoms with Crippen LogP contribution in [0.1, 0.15) is 36.5 Å².